The van der Waals surface area contributed by atoms with Crippen LogP contribution in [0.5, 0.6) is 11.5 Å². The fourth-order valence-electron chi connectivity index (χ4n) is 4.05. The average molecular weight is 822 g/mol. The van der Waals surface area contributed by atoms with E-state index in [0.717, 1.165) is 37.1 Å². The smallest absolute Gasteiger partial charge is 0.490 e. The number of primary amides is 1. The molecule has 0 fully saturated rings. The molecule has 0 saturated heterocycles. The van der Waals surface area contributed by atoms with Gasteiger partial charge in [-0.2, -0.15) is 39.5 Å². The number of aliphatic carboxylic acids is 3. The maximum Gasteiger partial charge on any atom is 0.490 e. The Hall–Kier alpha value is -5.58. The second-order valence-corrected chi connectivity index (χ2v) is 10.9. The summed E-state index contributed by atoms with van der Waals surface area (Å²) in [5.74, 6) is -7.60. The zero-order chi connectivity index (χ0) is 43.6. The van der Waals surface area contributed by atoms with Gasteiger partial charge in [0.2, 0.25) is 0 Å². The van der Waals surface area contributed by atoms with Crippen LogP contribution in [-0.2, 0) is 27.3 Å². The fraction of sp³-hybridized carbons (Fsp3) is 0.424. The van der Waals surface area contributed by atoms with Crippen molar-refractivity contribution in [2.45, 2.75) is 52.3 Å². The van der Waals surface area contributed by atoms with Crippen molar-refractivity contribution in [2.24, 2.45) is 5.73 Å². The Bertz CT molecular complexity index is 1710. The summed E-state index contributed by atoms with van der Waals surface area (Å²) >= 11 is 0. The van der Waals surface area contributed by atoms with Gasteiger partial charge in [-0.15, -0.1) is 0 Å². The number of halogens is 9. The molecule has 0 aliphatic carbocycles. The Morgan fingerprint density at radius 2 is 1.27 bits per heavy atom. The van der Waals surface area contributed by atoms with E-state index in [0.29, 0.717) is 41.5 Å². The lowest BCUT2D eigenvalue weighted by molar-refractivity contribution is -0.193. The summed E-state index contributed by atoms with van der Waals surface area (Å²) < 4.78 is 107. The van der Waals surface area contributed by atoms with E-state index in [2.05, 4.69) is 47.6 Å². The summed E-state index contributed by atoms with van der Waals surface area (Å²) in [6.07, 6.45) is -12.9. The number of pyridine rings is 1. The number of rotatable bonds is 13. The highest BCUT2D eigenvalue weighted by atomic mass is 19.4. The molecule has 0 aliphatic heterocycles. The number of amides is 1. The first-order valence-electron chi connectivity index (χ1n) is 15.9. The van der Waals surface area contributed by atoms with Crippen molar-refractivity contribution in [1.82, 2.24) is 15.2 Å². The number of carbonyl (C=O) groups excluding carboxylic acids is 1. The van der Waals surface area contributed by atoms with E-state index in [4.69, 9.17) is 44.9 Å². The molecule has 0 aliphatic rings. The van der Waals surface area contributed by atoms with Crippen molar-refractivity contribution < 1.29 is 83.5 Å². The van der Waals surface area contributed by atoms with E-state index in [-0.39, 0.29) is 0 Å². The van der Waals surface area contributed by atoms with Crippen molar-refractivity contribution in [2.75, 3.05) is 45.7 Å². The Morgan fingerprint density at radius 1 is 0.804 bits per heavy atom. The molecule has 314 valence electrons. The third kappa shape index (κ3) is 17.7. The molecule has 56 heavy (non-hydrogen) atoms. The highest BCUT2D eigenvalue weighted by molar-refractivity contribution is 6.08. The van der Waals surface area contributed by atoms with Gasteiger partial charge in [0, 0.05) is 43.0 Å². The molecule has 0 unspecified atom stereocenters. The number of anilines is 2. The predicted octanol–water partition coefficient (Wildman–Crippen LogP) is 5.99. The van der Waals surface area contributed by atoms with Crippen LogP contribution in [0, 0.1) is 0 Å². The molecule has 1 heterocycles. The van der Waals surface area contributed by atoms with Gasteiger partial charge in [-0.05, 0) is 57.6 Å². The lowest BCUT2D eigenvalue weighted by atomic mass is 10.0. The molecular weight excluding hydrogens is 781 g/mol. The summed E-state index contributed by atoms with van der Waals surface area (Å²) in [7, 11) is 4.13. The summed E-state index contributed by atoms with van der Waals surface area (Å²) in [5, 5.41) is 29.1. The lowest BCUT2D eigenvalue weighted by Crippen LogP contribution is -2.26. The largest absolute Gasteiger partial charge is 0.490 e. The van der Waals surface area contributed by atoms with Crippen molar-refractivity contribution in [1.29, 1.82) is 0 Å². The number of alkyl halides is 9. The molecule has 1 amide bonds. The lowest BCUT2D eigenvalue weighted by Gasteiger charge is -2.20. The van der Waals surface area contributed by atoms with E-state index in [1.54, 1.807) is 0 Å². The number of benzene rings is 2. The second kappa shape index (κ2) is 22.7. The van der Waals surface area contributed by atoms with Gasteiger partial charge in [0.15, 0.2) is 11.5 Å². The monoisotopic (exact) mass is 821 g/mol. The van der Waals surface area contributed by atoms with Crippen LogP contribution in [0.3, 0.4) is 0 Å². The van der Waals surface area contributed by atoms with Crippen molar-refractivity contribution in [3.63, 3.8) is 0 Å². The van der Waals surface area contributed by atoms with Gasteiger partial charge in [-0.1, -0.05) is 19.1 Å². The van der Waals surface area contributed by atoms with Crippen LogP contribution in [0.1, 0.15) is 42.3 Å². The van der Waals surface area contributed by atoms with Gasteiger partial charge in [0.05, 0.1) is 30.0 Å². The number of carbonyl (C=O) groups is 4. The van der Waals surface area contributed by atoms with Crippen LogP contribution in [0.4, 0.5) is 50.9 Å². The van der Waals surface area contributed by atoms with Crippen LogP contribution in [0.15, 0.2) is 36.5 Å². The number of carboxylic acid groups (broad SMARTS) is 3. The van der Waals surface area contributed by atoms with Crippen molar-refractivity contribution in [3.05, 3.63) is 53.2 Å². The Kier molecular flexibility index (Phi) is 20.5. The summed E-state index contributed by atoms with van der Waals surface area (Å²) in [4.78, 5) is 45.7. The number of nitrogens with two attached hydrogens (primary N) is 1. The topological polar surface area (TPSA) is 214 Å². The molecule has 14 nitrogen and oxygen atoms in total. The number of aromatic nitrogens is 1. The highest BCUT2D eigenvalue weighted by Gasteiger charge is 2.39. The molecule has 0 spiro atoms. The molecule has 0 saturated carbocycles. The normalized spacial score (nSPS) is 11.2. The van der Waals surface area contributed by atoms with Crippen LogP contribution in [0.2, 0.25) is 0 Å². The first-order valence-corrected chi connectivity index (χ1v) is 15.9. The average Bonchev–Trinajstić information content (AvgIpc) is 3.07. The maximum absolute atomic E-state index is 12.4. The van der Waals surface area contributed by atoms with E-state index >= 15 is 0 Å². The van der Waals surface area contributed by atoms with Crippen LogP contribution in [-0.4, -0.2) is 108 Å². The zero-order valence-corrected chi connectivity index (χ0v) is 30.4. The minimum atomic E-state index is -5.08. The third-order valence-corrected chi connectivity index (χ3v) is 6.46. The molecular formula is C33H40F9N5O9. The number of fused-ring (bicyclic) bond motifs is 1. The van der Waals surface area contributed by atoms with Gasteiger partial charge < -0.3 is 46.1 Å². The molecule has 7 N–H and O–H groups in total. The molecule has 0 radical (unpaired) electrons. The number of nitrogens with zero attached hydrogens (tertiary/aromatic N) is 2. The fourth-order valence-corrected chi connectivity index (χ4v) is 4.05. The standard InChI is InChI=1S/C27H37N5O3.3C2HF3O2/c1-6-19-18(16-29-12-13-32(4)5)10-9-11-22(19)31-26-20-14-24(34-7-2)25(35-8-3)15-23(20)30-17-21(26)27(28)33;3*3-2(4,5)1(6)7/h9-11,14-15,17,29H,6-8,12-13,16H2,1-5H3,(H2,28,33)(H,30,31);3*(H,6,7). The minimum Gasteiger partial charge on any atom is -0.490 e. The Labute approximate surface area is 313 Å². The quantitative estimate of drug-likeness (QED) is 0.0865. The van der Waals surface area contributed by atoms with Crippen LogP contribution in [0.25, 0.3) is 10.9 Å². The van der Waals surface area contributed by atoms with E-state index in [9.17, 15) is 44.3 Å². The van der Waals surface area contributed by atoms with Gasteiger partial charge >= 0.3 is 36.4 Å². The molecule has 3 aromatic rings. The molecule has 0 bridgehead atoms. The highest BCUT2D eigenvalue weighted by Crippen LogP contribution is 2.38. The van der Waals surface area contributed by atoms with Crippen molar-refractivity contribution >= 4 is 46.1 Å². The number of ether oxygens (including phenoxy) is 2. The summed E-state index contributed by atoms with van der Waals surface area (Å²) in [6, 6.07) is 9.89. The first kappa shape index (κ1) is 50.4. The van der Waals surface area contributed by atoms with E-state index in [1.807, 2.05) is 38.1 Å². The SMILES string of the molecule is CCOc1cc2ncc(C(N)=O)c(Nc3cccc(CNCCN(C)C)c3CC)c2cc1OCC.O=C(O)C(F)(F)F.O=C(O)C(F)(F)F.O=C(O)C(F)(F)F. The number of likely N-dealkylation sites (N-methyl/N-ethyl adjacent to an activating group) is 1. The second-order valence-electron chi connectivity index (χ2n) is 10.9. The molecule has 0 atom stereocenters. The third-order valence-electron chi connectivity index (χ3n) is 6.46. The van der Waals surface area contributed by atoms with Gasteiger partial charge in [0.25, 0.3) is 5.91 Å². The molecule has 1 aromatic heterocycles. The number of hydrogen-bond donors (Lipinski definition) is 6. The van der Waals surface area contributed by atoms with E-state index in [1.165, 1.54) is 17.3 Å². The van der Waals surface area contributed by atoms with Gasteiger partial charge in [0.1, 0.15) is 0 Å². The van der Waals surface area contributed by atoms with Crippen LogP contribution < -0.4 is 25.8 Å². The zero-order valence-electron chi connectivity index (χ0n) is 30.4. The molecule has 3 rings (SSSR count). The number of carboxylic acids is 3. The minimum absolute atomic E-state index is 0.320. The molecule has 23 heteroatoms. The number of hydrogen-bond acceptors (Lipinski definition) is 10. The Morgan fingerprint density at radius 3 is 1.66 bits per heavy atom. The molecule has 2 aromatic carbocycles. The predicted molar refractivity (Wildman–Crippen MR) is 183 cm³/mol. The maximum atomic E-state index is 12.4. The Balaban J connectivity index is 0.00000117. The summed E-state index contributed by atoms with van der Waals surface area (Å²) in [5.41, 5.74) is 10.7. The van der Waals surface area contributed by atoms with E-state index < -0.39 is 42.3 Å². The van der Waals surface area contributed by atoms with Gasteiger partial charge in [-0.25, -0.2) is 14.4 Å². The van der Waals surface area contributed by atoms with Gasteiger partial charge in [-0.3, -0.25) is 9.78 Å². The van der Waals surface area contributed by atoms with Crippen LogP contribution >= 0.6 is 0 Å². The summed E-state index contributed by atoms with van der Waals surface area (Å²) in [6.45, 7) is 9.59. The van der Waals surface area contributed by atoms with Crippen molar-refractivity contribution in [3.8, 4) is 11.5 Å². The first-order chi connectivity index (χ1) is 25.7. The number of nitrogens with one attached hydrogen (secondary N) is 2.